The lowest BCUT2D eigenvalue weighted by Gasteiger charge is -2.32. The van der Waals surface area contributed by atoms with Crippen molar-refractivity contribution >= 4 is 33.6 Å². The van der Waals surface area contributed by atoms with Gasteiger partial charge in [0.2, 0.25) is 0 Å². The van der Waals surface area contributed by atoms with Crippen molar-refractivity contribution in [1.82, 2.24) is 9.80 Å². The lowest BCUT2D eigenvalue weighted by Crippen LogP contribution is -2.50. The van der Waals surface area contributed by atoms with Crippen LogP contribution in [0.15, 0.2) is 77.3 Å². The molecule has 0 saturated carbocycles. The Morgan fingerprint density at radius 2 is 1.67 bits per heavy atom. The molecule has 3 aromatic carbocycles. The number of rotatable bonds is 7. The molecular weight excluding hydrogens is 610 g/mol. The minimum absolute atomic E-state index is 0.123. The van der Waals surface area contributed by atoms with Gasteiger partial charge in [-0.2, -0.15) is 0 Å². The predicted octanol–water partition coefficient (Wildman–Crippen LogP) is 6.77. The van der Waals surface area contributed by atoms with E-state index in [-0.39, 0.29) is 24.1 Å². The highest BCUT2D eigenvalue weighted by Crippen LogP contribution is 2.32. The lowest BCUT2D eigenvalue weighted by molar-refractivity contribution is -0.162. The fourth-order valence-corrected chi connectivity index (χ4v) is 5.72. The largest absolute Gasteiger partial charge is 0.488 e. The molecule has 0 radical (unpaired) electrons. The van der Waals surface area contributed by atoms with Crippen LogP contribution < -0.4 is 10.1 Å². The number of hydrogen-bond acceptors (Lipinski definition) is 5. The summed E-state index contributed by atoms with van der Waals surface area (Å²) in [5.74, 6) is -0.342. The van der Waals surface area contributed by atoms with E-state index in [1.165, 1.54) is 5.56 Å². The Morgan fingerprint density at radius 1 is 1.00 bits per heavy atom. The summed E-state index contributed by atoms with van der Waals surface area (Å²) >= 11 is 3.44. The third-order valence-electron chi connectivity index (χ3n) is 7.37. The summed E-state index contributed by atoms with van der Waals surface area (Å²) in [5.41, 5.74) is 3.67. The number of benzene rings is 3. The molecule has 43 heavy (non-hydrogen) atoms. The lowest BCUT2D eigenvalue weighted by atomic mass is 9.99. The van der Waals surface area contributed by atoms with Crippen molar-refractivity contribution in [3.63, 3.8) is 0 Å². The standard InChI is InChI=1S/C34H40BrN3O5/c1-33(2,3)41-28-16-10-23(11-17-28)20-38(32(40)36-27-14-12-26(35)13-15-27)22-29-30(43-34(4,5)42-29)31(39)37-19-18-24-8-6-7-9-25(24)21-37/h6-17,29-30H,18-22H2,1-5H3,(H,36,40)/t29-,30+/m0/s1. The van der Waals surface area contributed by atoms with Crippen LogP contribution in [-0.2, 0) is 33.8 Å². The number of carbonyl (C=O) groups is 2. The highest BCUT2D eigenvalue weighted by molar-refractivity contribution is 9.10. The number of nitrogens with one attached hydrogen (secondary N) is 1. The predicted molar refractivity (Wildman–Crippen MR) is 170 cm³/mol. The van der Waals surface area contributed by atoms with Crippen molar-refractivity contribution in [2.45, 2.75) is 77.7 Å². The molecule has 3 amide bonds. The zero-order valence-corrected chi connectivity index (χ0v) is 27.0. The van der Waals surface area contributed by atoms with Gasteiger partial charge in [0.15, 0.2) is 11.9 Å². The summed E-state index contributed by atoms with van der Waals surface area (Å²) in [4.78, 5) is 31.1. The van der Waals surface area contributed by atoms with E-state index >= 15 is 0 Å². The van der Waals surface area contributed by atoms with Gasteiger partial charge in [0.05, 0.1) is 6.54 Å². The summed E-state index contributed by atoms with van der Waals surface area (Å²) < 4.78 is 19.4. The van der Waals surface area contributed by atoms with E-state index in [4.69, 9.17) is 14.2 Å². The van der Waals surface area contributed by atoms with Gasteiger partial charge in [0, 0.05) is 29.8 Å². The maximum absolute atomic E-state index is 13.9. The van der Waals surface area contributed by atoms with Gasteiger partial charge in [-0.3, -0.25) is 4.79 Å². The maximum Gasteiger partial charge on any atom is 0.322 e. The molecule has 1 fully saturated rings. The molecule has 1 N–H and O–H groups in total. The fourth-order valence-electron chi connectivity index (χ4n) is 5.45. The van der Waals surface area contributed by atoms with Crippen molar-refractivity contribution in [2.75, 3.05) is 18.4 Å². The molecule has 8 nitrogen and oxygen atoms in total. The van der Waals surface area contributed by atoms with Crippen LogP contribution in [-0.4, -0.2) is 58.4 Å². The van der Waals surface area contributed by atoms with Crippen LogP contribution in [0.1, 0.15) is 51.3 Å². The molecule has 2 aliphatic heterocycles. The molecule has 5 rings (SSSR count). The number of amides is 3. The topological polar surface area (TPSA) is 80.3 Å². The average Bonchev–Trinajstić information content (AvgIpc) is 3.27. The minimum Gasteiger partial charge on any atom is -0.488 e. The third kappa shape index (κ3) is 8.16. The first-order valence-electron chi connectivity index (χ1n) is 14.7. The molecular formula is C34H40BrN3O5. The van der Waals surface area contributed by atoms with Gasteiger partial charge >= 0.3 is 6.03 Å². The smallest absolute Gasteiger partial charge is 0.322 e. The van der Waals surface area contributed by atoms with Gasteiger partial charge in [-0.05, 0) is 94.1 Å². The fraction of sp³-hybridized carbons (Fsp3) is 0.412. The summed E-state index contributed by atoms with van der Waals surface area (Å²) in [5, 5.41) is 2.99. The Bertz CT molecular complexity index is 1440. The van der Waals surface area contributed by atoms with Crippen molar-refractivity contribution < 1.29 is 23.8 Å². The second-order valence-corrected chi connectivity index (χ2v) is 13.5. The number of ether oxygens (including phenoxy) is 3. The quantitative estimate of drug-likeness (QED) is 0.306. The number of carbonyl (C=O) groups excluding carboxylic acids is 2. The average molecular weight is 651 g/mol. The second kappa shape index (κ2) is 12.7. The molecule has 0 unspecified atom stereocenters. The van der Waals surface area contributed by atoms with Crippen LogP contribution in [0.5, 0.6) is 5.75 Å². The molecule has 228 valence electrons. The first kappa shape index (κ1) is 31.0. The Morgan fingerprint density at radius 3 is 2.35 bits per heavy atom. The zero-order valence-electron chi connectivity index (χ0n) is 25.4. The van der Waals surface area contributed by atoms with Gasteiger partial charge < -0.3 is 29.3 Å². The van der Waals surface area contributed by atoms with Crippen molar-refractivity contribution in [2.24, 2.45) is 0 Å². The van der Waals surface area contributed by atoms with Crippen LogP contribution >= 0.6 is 15.9 Å². The summed E-state index contributed by atoms with van der Waals surface area (Å²) in [6.45, 7) is 11.2. The maximum atomic E-state index is 13.9. The monoisotopic (exact) mass is 649 g/mol. The van der Waals surface area contributed by atoms with E-state index in [9.17, 15) is 9.59 Å². The number of nitrogens with zero attached hydrogens (tertiary/aromatic N) is 2. The van der Waals surface area contributed by atoms with Crippen molar-refractivity contribution in [1.29, 1.82) is 0 Å². The van der Waals surface area contributed by atoms with E-state index in [1.807, 2.05) is 86.3 Å². The van der Waals surface area contributed by atoms with Crippen molar-refractivity contribution in [3.05, 3.63) is 94.0 Å². The molecule has 0 aliphatic carbocycles. The Kier molecular flexibility index (Phi) is 9.15. The molecule has 9 heteroatoms. The molecule has 0 aromatic heterocycles. The molecule has 0 bridgehead atoms. The molecule has 1 saturated heterocycles. The summed E-state index contributed by atoms with van der Waals surface area (Å²) in [7, 11) is 0. The van der Waals surface area contributed by atoms with Gasteiger partial charge in [0.1, 0.15) is 17.5 Å². The first-order chi connectivity index (χ1) is 20.3. The molecule has 2 heterocycles. The number of urea groups is 1. The normalized spacial score (nSPS) is 19.4. The Balaban J connectivity index is 1.36. The summed E-state index contributed by atoms with van der Waals surface area (Å²) in [6, 6.07) is 23.0. The second-order valence-electron chi connectivity index (χ2n) is 12.5. The highest BCUT2D eigenvalue weighted by Gasteiger charge is 2.48. The Labute approximate surface area is 262 Å². The van der Waals surface area contributed by atoms with E-state index in [1.54, 1.807) is 18.7 Å². The van der Waals surface area contributed by atoms with Crippen LogP contribution in [0.3, 0.4) is 0 Å². The molecule has 2 atom stereocenters. The van der Waals surface area contributed by atoms with E-state index < -0.39 is 18.0 Å². The van der Waals surface area contributed by atoms with Crippen molar-refractivity contribution in [3.8, 4) is 5.75 Å². The molecule has 3 aromatic rings. The molecule has 0 spiro atoms. The third-order valence-corrected chi connectivity index (χ3v) is 7.90. The van der Waals surface area contributed by atoms with Gasteiger partial charge in [-0.25, -0.2) is 4.79 Å². The number of fused-ring (bicyclic) bond motifs is 1. The Hall–Kier alpha value is -3.40. The minimum atomic E-state index is -0.974. The van der Waals surface area contributed by atoms with Gasteiger partial charge in [-0.15, -0.1) is 0 Å². The van der Waals surface area contributed by atoms with Crippen LogP contribution in [0.4, 0.5) is 10.5 Å². The summed E-state index contributed by atoms with van der Waals surface area (Å²) in [6.07, 6.45) is -0.704. The van der Waals surface area contributed by atoms with Gasteiger partial charge in [0.25, 0.3) is 5.91 Å². The SMILES string of the molecule is CC(C)(C)Oc1ccc(CN(C[C@@H]2OC(C)(C)O[C@H]2C(=O)N2CCc3ccccc3C2)C(=O)Nc2ccc(Br)cc2)cc1. The van der Waals surface area contributed by atoms with Crippen LogP contribution in [0.2, 0.25) is 0 Å². The van der Waals surface area contributed by atoms with Gasteiger partial charge in [-0.1, -0.05) is 52.3 Å². The highest BCUT2D eigenvalue weighted by atomic mass is 79.9. The number of hydrogen-bond donors (Lipinski definition) is 1. The van der Waals surface area contributed by atoms with E-state index in [0.29, 0.717) is 25.3 Å². The van der Waals surface area contributed by atoms with E-state index in [2.05, 4.69) is 33.4 Å². The zero-order chi connectivity index (χ0) is 30.8. The van der Waals surface area contributed by atoms with Crippen LogP contribution in [0.25, 0.3) is 0 Å². The van der Waals surface area contributed by atoms with Crippen LogP contribution in [0, 0.1) is 0 Å². The molecule has 2 aliphatic rings. The first-order valence-corrected chi connectivity index (χ1v) is 15.5. The van der Waals surface area contributed by atoms with E-state index in [0.717, 1.165) is 27.8 Å². The number of halogens is 1. The number of anilines is 1.